The molecule has 2 amide bonds. The van der Waals surface area contributed by atoms with Gasteiger partial charge in [-0.1, -0.05) is 23.9 Å². The van der Waals surface area contributed by atoms with E-state index < -0.39 is 5.37 Å². The molecule has 128 valence electrons. The van der Waals surface area contributed by atoms with E-state index >= 15 is 0 Å². The van der Waals surface area contributed by atoms with Gasteiger partial charge in [0.25, 0.3) is 11.8 Å². The monoisotopic (exact) mass is 385 g/mol. The molecule has 0 spiro atoms. The van der Waals surface area contributed by atoms with Crippen LogP contribution in [0, 0.1) is 0 Å². The van der Waals surface area contributed by atoms with Gasteiger partial charge in [-0.2, -0.15) is 0 Å². The van der Waals surface area contributed by atoms with Gasteiger partial charge in [0.1, 0.15) is 5.78 Å². The van der Waals surface area contributed by atoms with Crippen LogP contribution in [0.1, 0.15) is 40.5 Å². The Morgan fingerprint density at radius 2 is 1.88 bits per heavy atom. The third-order valence-corrected chi connectivity index (χ3v) is 5.16. The number of hydrogen-bond acceptors (Lipinski definition) is 6. The summed E-state index contributed by atoms with van der Waals surface area (Å²) in [7, 11) is 0. The lowest BCUT2D eigenvalue weighted by molar-refractivity contribution is -0.116. The van der Waals surface area contributed by atoms with E-state index in [0.717, 1.165) is 16.7 Å². The molecule has 2 rings (SSSR count). The number of rotatable bonds is 7. The van der Waals surface area contributed by atoms with E-state index in [9.17, 15) is 14.4 Å². The highest BCUT2D eigenvalue weighted by Crippen LogP contribution is 2.31. The normalized spacial score (nSPS) is 14.5. The zero-order chi connectivity index (χ0) is 17.7. The largest absolute Gasteiger partial charge is 0.479 e. The van der Waals surface area contributed by atoms with Crippen LogP contribution in [0.2, 0.25) is 0 Å². The molecule has 0 N–H and O–H groups in total. The van der Waals surface area contributed by atoms with E-state index in [2.05, 4.69) is 0 Å². The van der Waals surface area contributed by atoms with Crippen LogP contribution in [0.15, 0.2) is 24.3 Å². The summed E-state index contributed by atoms with van der Waals surface area (Å²) in [6, 6.07) is 6.64. The van der Waals surface area contributed by atoms with E-state index in [1.54, 1.807) is 31.2 Å². The lowest BCUT2D eigenvalue weighted by Crippen LogP contribution is -2.39. The number of carbonyl (C=O) groups is 3. The first kappa shape index (κ1) is 18.9. The molecule has 8 heteroatoms. The molecule has 1 aliphatic rings. The number of thioether (sulfide) groups is 1. The number of Topliss-reactive ketones (excluding diaryl/α,β-unsaturated/α-hetero) is 1. The predicted molar refractivity (Wildman–Crippen MR) is 97.5 cm³/mol. The molecule has 1 aromatic rings. The standard InChI is InChI=1S/C16H16ClNO4S2/c1-2-22-16(23)24-13(8-7-10(19)9-17)18-14(20)11-5-3-4-6-12(11)15(18)21/h3-6,13H,2,7-9H2,1H3. The fourth-order valence-electron chi connectivity index (χ4n) is 2.32. The number of imide groups is 1. The molecule has 0 saturated heterocycles. The van der Waals surface area contributed by atoms with Gasteiger partial charge in [-0.05, 0) is 37.7 Å². The number of hydrogen-bond donors (Lipinski definition) is 0. The molecular weight excluding hydrogens is 370 g/mol. The topological polar surface area (TPSA) is 63.7 Å². The van der Waals surface area contributed by atoms with Crippen molar-refractivity contribution in [3.05, 3.63) is 35.4 Å². The summed E-state index contributed by atoms with van der Waals surface area (Å²) >= 11 is 11.7. The SMILES string of the molecule is CCOC(=S)SC(CCC(=O)CCl)N1C(=O)c2ccccc2C1=O. The summed E-state index contributed by atoms with van der Waals surface area (Å²) in [4.78, 5) is 37.9. The summed E-state index contributed by atoms with van der Waals surface area (Å²) in [5, 5.41) is -0.608. The number of ketones is 1. The fraction of sp³-hybridized carbons (Fsp3) is 0.375. The minimum absolute atomic E-state index is 0.102. The average molecular weight is 386 g/mol. The van der Waals surface area contributed by atoms with Crippen molar-refractivity contribution in [2.75, 3.05) is 12.5 Å². The number of carbonyl (C=O) groups excluding carboxylic acids is 3. The third kappa shape index (κ3) is 4.15. The van der Waals surface area contributed by atoms with Crippen LogP contribution in [0.3, 0.4) is 0 Å². The molecule has 1 aliphatic heterocycles. The first-order valence-electron chi connectivity index (χ1n) is 7.37. The maximum absolute atomic E-state index is 12.6. The molecule has 1 unspecified atom stereocenters. The van der Waals surface area contributed by atoms with E-state index in [1.807, 2.05) is 0 Å². The van der Waals surface area contributed by atoms with Crippen molar-refractivity contribution in [3.63, 3.8) is 0 Å². The number of halogens is 1. The summed E-state index contributed by atoms with van der Waals surface area (Å²) in [5.74, 6) is -1.02. The Labute approximate surface area is 154 Å². The summed E-state index contributed by atoms with van der Waals surface area (Å²) in [6.45, 7) is 2.18. The average Bonchev–Trinajstić information content (AvgIpc) is 2.83. The second-order valence-electron chi connectivity index (χ2n) is 4.99. The van der Waals surface area contributed by atoms with Gasteiger partial charge in [-0.3, -0.25) is 19.3 Å². The molecule has 5 nitrogen and oxygen atoms in total. The van der Waals surface area contributed by atoms with E-state index in [-0.39, 0.29) is 40.7 Å². The third-order valence-electron chi connectivity index (χ3n) is 3.43. The minimum Gasteiger partial charge on any atom is -0.479 e. The number of nitrogens with zero attached hydrogens (tertiary/aromatic N) is 1. The number of ether oxygens (including phenoxy) is 1. The van der Waals surface area contributed by atoms with Gasteiger partial charge in [0, 0.05) is 6.42 Å². The van der Waals surface area contributed by atoms with Gasteiger partial charge in [-0.25, -0.2) is 0 Å². The Bertz CT molecular complexity index is 645. The van der Waals surface area contributed by atoms with Crippen LogP contribution in [0.4, 0.5) is 0 Å². The molecule has 1 aromatic carbocycles. The van der Waals surface area contributed by atoms with Crippen molar-refractivity contribution in [1.82, 2.24) is 4.90 Å². The highest BCUT2D eigenvalue weighted by atomic mass is 35.5. The van der Waals surface area contributed by atoms with Crippen molar-refractivity contribution >= 4 is 57.6 Å². The second kappa shape index (κ2) is 8.60. The number of alkyl halides is 1. The van der Waals surface area contributed by atoms with Crippen molar-refractivity contribution in [2.45, 2.75) is 25.1 Å². The molecular formula is C16H16ClNO4S2. The maximum Gasteiger partial charge on any atom is 0.262 e. The van der Waals surface area contributed by atoms with Crippen molar-refractivity contribution in [2.24, 2.45) is 0 Å². The molecule has 0 fully saturated rings. The summed E-state index contributed by atoms with van der Waals surface area (Å²) in [6.07, 6.45) is 0.429. The Hall–Kier alpha value is -1.44. The van der Waals surface area contributed by atoms with Crippen molar-refractivity contribution < 1.29 is 19.1 Å². The highest BCUT2D eigenvalue weighted by Gasteiger charge is 2.40. The predicted octanol–water partition coefficient (Wildman–Crippen LogP) is 3.25. The molecule has 24 heavy (non-hydrogen) atoms. The van der Waals surface area contributed by atoms with Gasteiger partial charge >= 0.3 is 0 Å². The summed E-state index contributed by atoms with van der Waals surface area (Å²) in [5.41, 5.74) is 0.721. The number of fused-ring (bicyclic) bond motifs is 1. The van der Waals surface area contributed by atoms with E-state index in [4.69, 9.17) is 28.6 Å². The molecule has 0 saturated carbocycles. The summed E-state index contributed by atoms with van der Waals surface area (Å²) < 4.78 is 5.48. The zero-order valence-corrected chi connectivity index (χ0v) is 15.4. The van der Waals surface area contributed by atoms with Crippen LogP contribution < -0.4 is 0 Å². The number of benzene rings is 1. The Balaban J connectivity index is 2.23. The first-order chi connectivity index (χ1) is 11.5. The molecule has 1 atom stereocenters. The highest BCUT2D eigenvalue weighted by molar-refractivity contribution is 8.23. The van der Waals surface area contributed by atoms with Gasteiger partial charge in [-0.15, -0.1) is 11.6 Å². The smallest absolute Gasteiger partial charge is 0.262 e. The van der Waals surface area contributed by atoms with E-state index in [1.165, 1.54) is 0 Å². The van der Waals surface area contributed by atoms with Gasteiger partial charge in [0.15, 0.2) is 0 Å². The van der Waals surface area contributed by atoms with E-state index in [0.29, 0.717) is 17.7 Å². The fourth-order valence-corrected chi connectivity index (χ4v) is 3.85. The molecule has 0 radical (unpaired) electrons. The second-order valence-corrected chi connectivity index (χ2v) is 7.04. The maximum atomic E-state index is 12.6. The number of thiocarbonyl (C=S) groups is 1. The van der Waals surface area contributed by atoms with Crippen LogP contribution in [-0.2, 0) is 9.53 Å². The van der Waals surface area contributed by atoms with Crippen molar-refractivity contribution in [3.8, 4) is 0 Å². The quantitative estimate of drug-likeness (QED) is 0.408. The Morgan fingerprint density at radius 3 is 2.38 bits per heavy atom. The first-order valence-corrected chi connectivity index (χ1v) is 9.19. The molecule has 1 heterocycles. The van der Waals surface area contributed by atoms with Crippen LogP contribution >= 0.6 is 35.6 Å². The molecule has 0 bridgehead atoms. The van der Waals surface area contributed by atoms with Crippen LogP contribution in [0.25, 0.3) is 0 Å². The van der Waals surface area contributed by atoms with Gasteiger partial charge in [0.05, 0.1) is 29.0 Å². The van der Waals surface area contributed by atoms with Gasteiger partial charge < -0.3 is 4.74 Å². The minimum atomic E-state index is -0.608. The van der Waals surface area contributed by atoms with Crippen LogP contribution in [-0.4, -0.2) is 44.7 Å². The lowest BCUT2D eigenvalue weighted by Gasteiger charge is -2.25. The van der Waals surface area contributed by atoms with Crippen molar-refractivity contribution in [1.29, 1.82) is 0 Å². The number of amides is 2. The lowest BCUT2D eigenvalue weighted by atomic mass is 10.1. The zero-order valence-electron chi connectivity index (χ0n) is 13.0. The Morgan fingerprint density at radius 1 is 1.29 bits per heavy atom. The van der Waals surface area contributed by atoms with Crippen LogP contribution in [0.5, 0.6) is 0 Å². The Kier molecular flexibility index (Phi) is 6.77. The van der Waals surface area contributed by atoms with Gasteiger partial charge in [0.2, 0.25) is 4.38 Å². The molecule has 0 aromatic heterocycles. The molecule has 0 aliphatic carbocycles.